The van der Waals surface area contributed by atoms with Crippen LogP contribution in [-0.2, 0) is 27.2 Å². The first-order chi connectivity index (χ1) is 20.4. The minimum atomic E-state index is -0.630. The third-order valence-electron chi connectivity index (χ3n) is 7.25. The van der Waals surface area contributed by atoms with Gasteiger partial charge in [-0.15, -0.1) is 0 Å². The number of nitrogens with zero attached hydrogens (tertiary/aromatic N) is 1. The van der Waals surface area contributed by atoms with E-state index in [-0.39, 0.29) is 11.8 Å². The number of hydrogen-bond acceptors (Lipinski definition) is 6. The van der Waals surface area contributed by atoms with Crippen molar-refractivity contribution in [2.24, 2.45) is 11.8 Å². The first-order valence-electron chi connectivity index (χ1n) is 14.5. The third kappa shape index (κ3) is 9.71. The molecule has 0 saturated carbocycles. The maximum absolute atomic E-state index is 13.4. The summed E-state index contributed by atoms with van der Waals surface area (Å²) in [6.45, 7) is 9.78. The molecular weight excluding hydrogens is 542 g/mol. The summed E-state index contributed by atoms with van der Waals surface area (Å²) < 4.78 is 10.5. The zero-order chi connectivity index (χ0) is 31.6. The van der Waals surface area contributed by atoms with Gasteiger partial charge >= 0.3 is 12.1 Å². The highest BCUT2D eigenvalue weighted by molar-refractivity contribution is 5.95. The number of amides is 2. The van der Waals surface area contributed by atoms with Crippen molar-refractivity contribution in [1.82, 2.24) is 10.6 Å². The monoisotopic (exact) mass is 583 g/mol. The number of rotatable bonds is 11. The van der Waals surface area contributed by atoms with Crippen LogP contribution in [0.25, 0.3) is 11.1 Å². The van der Waals surface area contributed by atoms with Crippen molar-refractivity contribution in [3.05, 3.63) is 95.1 Å². The number of alkyl carbamates (subject to hydrolysis) is 1. The maximum Gasteiger partial charge on any atom is 0.407 e. The van der Waals surface area contributed by atoms with Crippen LogP contribution in [0, 0.1) is 23.2 Å². The maximum atomic E-state index is 13.4. The van der Waals surface area contributed by atoms with Crippen LogP contribution >= 0.6 is 0 Å². The van der Waals surface area contributed by atoms with E-state index >= 15 is 0 Å². The molecule has 3 aromatic carbocycles. The van der Waals surface area contributed by atoms with Gasteiger partial charge in [-0.3, -0.25) is 9.59 Å². The number of esters is 1. The largest absolute Gasteiger partial charge is 0.469 e. The highest BCUT2D eigenvalue weighted by atomic mass is 16.6. The number of carbonyl (C=O) groups is 3. The molecule has 0 aliphatic heterocycles. The predicted octanol–water partition coefficient (Wildman–Crippen LogP) is 6.43. The van der Waals surface area contributed by atoms with Crippen molar-refractivity contribution >= 4 is 18.0 Å². The highest BCUT2D eigenvalue weighted by Gasteiger charge is 2.34. The second-order valence-corrected chi connectivity index (χ2v) is 11.7. The zero-order valence-corrected chi connectivity index (χ0v) is 25.8. The summed E-state index contributed by atoms with van der Waals surface area (Å²) in [5, 5.41) is 15.2. The van der Waals surface area contributed by atoms with Crippen molar-refractivity contribution in [2.75, 3.05) is 7.11 Å². The molecule has 0 radical (unpaired) electrons. The van der Waals surface area contributed by atoms with E-state index in [1.807, 2.05) is 77.1 Å². The van der Waals surface area contributed by atoms with Gasteiger partial charge in [0.25, 0.3) is 5.91 Å². The van der Waals surface area contributed by atoms with E-state index in [0.717, 1.165) is 28.7 Å². The fraction of sp³-hybridized carbons (Fsp3) is 0.371. The first-order valence-corrected chi connectivity index (χ1v) is 14.5. The SMILES string of the molecule is CCC(C)C(NC(=O)c1ccc(-c2cccc(CNC(=O)OC(C)(C)C)c2)cc1)C(Cc1cccc(C#N)c1)C(=O)OC. The topological polar surface area (TPSA) is 118 Å². The number of hydrogen-bond donors (Lipinski definition) is 2. The van der Waals surface area contributed by atoms with Gasteiger partial charge in [0.15, 0.2) is 0 Å². The molecule has 0 fully saturated rings. The number of ether oxygens (including phenoxy) is 2. The van der Waals surface area contributed by atoms with Crippen LogP contribution in [-0.4, -0.2) is 36.7 Å². The number of methoxy groups -OCH3 is 1. The summed E-state index contributed by atoms with van der Waals surface area (Å²) in [4.78, 5) is 38.4. The molecule has 3 unspecified atom stereocenters. The lowest BCUT2D eigenvalue weighted by Crippen LogP contribution is -2.48. The molecule has 0 saturated heterocycles. The van der Waals surface area contributed by atoms with Gasteiger partial charge in [0, 0.05) is 18.2 Å². The van der Waals surface area contributed by atoms with Gasteiger partial charge in [-0.05, 0) is 85.7 Å². The van der Waals surface area contributed by atoms with Gasteiger partial charge in [0.05, 0.1) is 24.7 Å². The molecule has 0 spiro atoms. The molecule has 2 amide bonds. The van der Waals surface area contributed by atoms with Crippen molar-refractivity contribution in [3.63, 3.8) is 0 Å². The molecule has 3 atom stereocenters. The Kier molecular flexibility index (Phi) is 11.5. The minimum absolute atomic E-state index is 0.0106. The molecule has 2 N–H and O–H groups in total. The fourth-order valence-corrected chi connectivity index (χ4v) is 4.82. The lowest BCUT2D eigenvalue weighted by atomic mass is 9.83. The molecule has 0 heterocycles. The van der Waals surface area contributed by atoms with Crippen molar-refractivity contribution in [3.8, 4) is 17.2 Å². The van der Waals surface area contributed by atoms with E-state index in [4.69, 9.17) is 9.47 Å². The van der Waals surface area contributed by atoms with Crippen LogP contribution in [0.5, 0.6) is 0 Å². The standard InChI is InChI=1S/C35H41N3O5/c1-7-23(2)31(30(33(40)42-6)20-24-10-8-11-25(18-24)21-36)38-32(39)28-16-14-27(15-17-28)29-13-9-12-26(19-29)22-37-34(41)43-35(3,4)5/h8-19,23,30-31H,7,20,22H2,1-6H3,(H,37,41)(H,38,39). The van der Waals surface area contributed by atoms with Gasteiger partial charge in [0.1, 0.15) is 5.60 Å². The minimum Gasteiger partial charge on any atom is -0.469 e. The molecule has 3 aromatic rings. The van der Waals surface area contributed by atoms with E-state index in [2.05, 4.69) is 16.7 Å². The molecule has 0 bridgehead atoms. The number of nitrogens with one attached hydrogen (secondary N) is 2. The first kappa shape index (κ1) is 32.9. The summed E-state index contributed by atoms with van der Waals surface area (Å²) in [6.07, 6.45) is 0.596. The average Bonchev–Trinajstić information content (AvgIpc) is 3.00. The van der Waals surface area contributed by atoms with E-state index in [9.17, 15) is 19.6 Å². The fourth-order valence-electron chi connectivity index (χ4n) is 4.82. The molecule has 0 aromatic heterocycles. The van der Waals surface area contributed by atoms with E-state index < -0.39 is 29.6 Å². The molecule has 3 rings (SSSR count). The molecule has 226 valence electrons. The Bertz CT molecular complexity index is 1450. The van der Waals surface area contributed by atoms with Gasteiger partial charge in [0.2, 0.25) is 0 Å². The Morgan fingerprint density at radius 2 is 1.60 bits per heavy atom. The van der Waals surface area contributed by atoms with Crippen LogP contribution < -0.4 is 10.6 Å². The predicted molar refractivity (Wildman–Crippen MR) is 166 cm³/mol. The summed E-state index contributed by atoms with van der Waals surface area (Å²) in [7, 11) is 1.35. The number of benzene rings is 3. The van der Waals surface area contributed by atoms with Crippen molar-refractivity contribution in [2.45, 2.75) is 65.6 Å². The molecule has 8 heteroatoms. The normalized spacial score (nSPS) is 13.1. The quantitative estimate of drug-likeness (QED) is 0.251. The van der Waals surface area contributed by atoms with Gasteiger partial charge in [-0.1, -0.05) is 62.7 Å². The molecule has 43 heavy (non-hydrogen) atoms. The van der Waals surface area contributed by atoms with Gasteiger partial charge in [-0.25, -0.2) is 4.79 Å². The molecule has 0 aliphatic rings. The highest BCUT2D eigenvalue weighted by Crippen LogP contribution is 2.25. The second kappa shape index (κ2) is 15.0. The van der Waals surface area contributed by atoms with Gasteiger partial charge < -0.3 is 20.1 Å². The van der Waals surface area contributed by atoms with Crippen LogP contribution in [0.15, 0.2) is 72.8 Å². The van der Waals surface area contributed by atoms with Crippen molar-refractivity contribution < 1.29 is 23.9 Å². The second-order valence-electron chi connectivity index (χ2n) is 11.7. The summed E-state index contributed by atoms with van der Waals surface area (Å²) in [5.41, 5.74) is 4.00. The van der Waals surface area contributed by atoms with E-state index in [1.54, 1.807) is 30.3 Å². The smallest absolute Gasteiger partial charge is 0.407 e. The number of carbonyl (C=O) groups excluding carboxylic acids is 3. The van der Waals surface area contributed by atoms with E-state index in [1.165, 1.54) is 7.11 Å². The Morgan fingerprint density at radius 3 is 2.23 bits per heavy atom. The van der Waals surface area contributed by atoms with Gasteiger partial charge in [-0.2, -0.15) is 5.26 Å². The van der Waals surface area contributed by atoms with Crippen LogP contribution in [0.1, 0.15) is 68.1 Å². The average molecular weight is 584 g/mol. The number of nitriles is 1. The Labute approximate surface area is 254 Å². The summed E-state index contributed by atoms with van der Waals surface area (Å²) in [5.74, 6) is -1.34. The molecule has 8 nitrogen and oxygen atoms in total. The van der Waals surface area contributed by atoms with E-state index in [0.29, 0.717) is 24.1 Å². The molecular formula is C35H41N3O5. The zero-order valence-electron chi connectivity index (χ0n) is 25.8. The van der Waals surface area contributed by atoms with Crippen LogP contribution in [0.2, 0.25) is 0 Å². The lowest BCUT2D eigenvalue weighted by molar-refractivity contribution is -0.146. The Hall–Kier alpha value is -4.64. The summed E-state index contributed by atoms with van der Waals surface area (Å²) in [6, 6.07) is 23.8. The third-order valence-corrected chi connectivity index (χ3v) is 7.25. The Balaban J connectivity index is 1.76. The summed E-state index contributed by atoms with van der Waals surface area (Å²) >= 11 is 0. The lowest BCUT2D eigenvalue weighted by Gasteiger charge is -2.31. The van der Waals surface area contributed by atoms with Crippen LogP contribution in [0.3, 0.4) is 0 Å². The van der Waals surface area contributed by atoms with Crippen molar-refractivity contribution in [1.29, 1.82) is 5.26 Å². The van der Waals surface area contributed by atoms with Crippen LogP contribution in [0.4, 0.5) is 4.79 Å². The Morgan fingerprint density at radius 1 is 0.930 bits per heavy atom. The molecule has 0 aliphatic carbocycles.